The van der Waals surface area contributed by atoms with E-state index in [1.807, 2.05) is 6.92 Å². The number of carbonyl (C=O) groups excluding carboxylic acids is 2. The van der Waals surface area contributed by atoms with Crippen molar-refractivity contribution in [1.82, 2.24) is 0 Å². The minimum absolute atomic E-state index is 0.0445. The van der Waals surface area contributed by atoms with Crippen LogP contribution in [0, 0.1) is 10.8 Å². The van der Waals surface area contributed by atoms with E-state index in [4.69, 9.17) is 33.2 Å². The molecular weight excluding hydrogens is 508 g/mol. The third kappa shape index (κ3) is 3.55. The van der Waals surface area contributed by atoms with Crippen LogP contribution < -0.4 is 0 Å². The molecule has 4 saturated heterocycles. The van der Waals surface area contributed by atoms with Crippen LogP contribution in [0.2, 0.25) is 0 Å². The molecule has 4 bridgehead atoms. The summed E-state index contributed by atoms with van der Waals surface area (Å²) in [5, 5.41) is 10.8. The molecule has 0 amide bonds. The molecule has 0 aromatic heterocycles. The molecule has 0 aromatic carbocycles. The standard InChI is InChI=1S/C29H36O10/c1-15-11-21(31)33-13-28-10-9-26(3)23(39-26)24(28)38-19-12-18(27(28,4)29(19)14-34-29)37-20(30)8-6-5-7-17-16(2)35-25(36-17)22(15)32/h5-8,11,16-19,22-25,32H,9-10,12-14H2,1-4H3/b7-5-,8-6-,15-11-. The number of rotatable bonds is 0. The Balaban J connectivity index is 1.27. The summed E-state index contributed by atoms with van der Waals surface area (Å²) in [5.74, 6) is -1.05. The number of fused-ring (bicyclic) bond motifs is 4. The molecule has 7 aliphatic rings. The number of esters is 2. The number of epoxide rings is 2. The van der Waals surface area contributed by atoms with Gasteiger partial charge in [-0.25, -0.2) is 9.59 Å². The van der Waals surface area contributed by atoms with Crippen LogP contribution in [0.25, 0.3) is 0 Å². The summed E-state index contributed by atoms with van der Waals surface area (Å²) in [6.07, 6.45) is 5.62. The number of cyclic esters (lactones) is 1. The van der Waals surface area contributed by atoms with Gasteiger partial charge in [0.1, 0.15) is 36.6 Å². The third-order valence-corrected chi connectivity index (χ3v) is 10.6. The zero-order chi connectivity index (χ0) is 27.4. The summed E-state index contributed by atoms with van der Waals surface area (Å²) in [7, 11) is 0. The van der Waals surface area contributed by atoms with Crippen LogP contribution in [0.5, 0.6) is 0 Å². The molecule has 5 heterocycles. The zero-order valence-corrected chi connectivity index (χ0v) is 22.7. The highest BCUT2D eigenvalue weighted by atomic mass is 16.7. The minimum Gasteiger partial charge on any atom is -0.462 e. The molecule has 2 saturated carbocycles. The fourth-order valence-corrected chi connectivity index (χ4v) is 8.00. The van der Waals surface area contributed by atoms with Crippen molar-refractivity contribution >= 4 is 11.9 Å². The van der Waals surface area contributed by atoms with E-state index < -0.39 is 53.0 Å². The second-order valence-corrected chi connectivity index (χ2v) is 12.6. The summed E-state index contributed by atoms with van der Waals surface area (Å²) in [6, 6.07) is 0. The molecule has 6 fully saturated rings. The average Bonchev–Trinajstić information content (AvgIpc) is 3.78. The van der Waals surface area contributed by atoms with Crippen LogP contribution >= 0.6 is 0 Å². The Kier molecular flexibility index (Phi) is 5.61. The quantitative estimate of drug-likeness (QED) is 0.357. The Morgan fingerprint density at radius 1 is 0.974 bits per heavy atom. The predicted molar refractivity (Wildman–Crippen MR) is 133 cm³/mol. The molecule has 12 unspecified atom stereocenters. The van der Waals surface area contributed by atoms with E-state index >= 15 is 0 Å². The first-order valence-electron chi connectivity index (χ1n) is 13.9. The highest BCUT2D eigenvalue weighted by Crippen LogP contribution is 2.75. The van der Waals surface area contributed by atoms with Crippen molar-refractivity contribution in [2.24, 2.45) is 10.8 Å². The predicted octanol–water partition coefficient (Wildman–Crippen LogP) is 1.89. The van der Waals surface area contributed by atoms with Crippen molar-refractivity contribution in [3.05, 3.63) is 36.0 Å². The van der Waals surface area contributed by atoms with Gasteiger partial charge in [0.15, 0.2) is 6.29 Å². The van der Waals surface area contributed by atoms with Crippen LogP contribution in [-0.4, -0.2) is 90.5 Å². The van der Waals surface area contributed by atoms with Gasteiger partial charge in [0, 0.05) is 24.0 Å². The summed E-state index contributed by atoms with van der Waals surface area (Å²) >= 11 is 0. The van der Waals surface area contributed by atoms with Crippen molar-refractivity contribution in [1.29, 1.82) is 0 Å². The minimum atomic E-state index is -1.15. The highest BCUT2D eigenvalue weighted by Gasteiger charge is 2.86. The third-order valence-electron chi connectivity index (χ3n) is 10.6. The topological polar surface area (TPSA) is 126 Å². The van der Waals surface area contributed by atoms with Crippen molar-refractivity contribution in [2.45, 2.75) is 107 Å². The van der Waals surface area contributed by atoms with Crippen LogP contribution in [0.15, 0.2) is 36.0 Å². The lowest BCUT2D eigenvalue weighted by molar-refractivity contribution is -0.250. The van der Waals surface area contributed by atoms with Crippen LogP contribution in [0.1, 0.15) is 47.0 Å². The van der Waals surface area contributed by atoms with Gasteiger partial charge in [-0.3, -0.25) is 0 Å². The largest absolute Gasteiger partial charge is 0.462 e. The molecule has 1 N–H and O–H groups in total. The Morgan fingerprint density at radius 2 is 1.77 bits per heavy atom. The van der Waals surface area contributed by atoms with E-state index in [2.05, 4.69) is 13.8 Å². The van der Waals surface area contributed by atoms with E-state index in [1.54, 1.807) is 25.2 Å². The van der Waals surface area contributed by atoms with Gasteiger partial charge >= 0.3 is 11.9 Å². The lowest BCUT2D eigenvalue weighted by atomic mass is 9.50. The second kappa shape index (κ2) is 8.47. The molecule has 10 heteroatoms. The van der Waals surface area contributed by atoms with Gasteiger partial charge in [0.05, 0.1) is 35.9 Å². The summed E-state index contributed by atoms with van der Waals surface area (Å²) in [6.45, 7) is 8.21. The number of hydrogen-bond donors (Lipinski definition) is 1. The number of ether oxygens (including phenoxy) is 7. The number of carbonyl (C=O) groups is 2. The lowest BCUT2D eigenvalue weighted by Gasteiger charge is -2.58. The van der Waals surface area contributed by atoms with Crippen molar-refractivity contribution < 1.29 is 47.9 Å². The SMILES string of the molecule is C/C1=C/C(=O)OCC23CCC4(C)OC4C2OC2CC(OC(=O)/C=C\C=C/C4OC(OC4C)C1O)C3(C)C21CO1. The van der Waals surface area contributed by atoms with E-state index in [1.165, 1.54) is 12.2 Å². The van der Waals surface area contributed by atoms with Crippen molar-refractivity contribution in [2.75, 3.05) is 13.2 Å². The van der Waals surface area contributed by atoms with Gasteiger partial charge < -0.3 is 38.3 Å². The normalized spacial score (nSPS) is 57.1. The maximum Gasteiger partial charge on any atom is 0.331 e. The molecule has 12 atom stereocenters. The zero-order valence-electron chi connectivity index (χ0n) is 22.7. The van der Waals surface area contributed by atoms with Gasteiger partial charge in [-0.15, -0.1) is 0 Å². The lowest BCUT2D eigenvalue weighted by Crippen LogP contribution is -2.69. The maximum atomic E-state index is 13.1. The summed E-state index contributed by atoms with van der Waals surface area (Å²) in [4.78, 5) is 26.2. The van der Waals surface area contributed by atoms with Crippen LogP contribution in [-0.2, 0) is 42.7 Å². The molecule has 2 spiro atoms. The van der Waals surface area contributed by atoms with Crippen molar-refractivity contribution in [3.63, 3.8) is 0 Å². The number of aliphatic hydroxyl groups is 1. The summed E-state index contributed by atoms with van der Waals surface area (Å²) < 4.78 is 42.8. The van der Waals surface area contributed by atoms with E-state index in [9.17, 15) is 14.7 Å². The van der Waals surface area contributed by atoms with E-state index in [-0.39, 0.29) is 36.6 Å². The summed E-state index contributed by atoms with van der Waals surface area (Å²) in [5.41, 5.74) is -1.87. The number of hydrogen-bond acceptors (Lipinski definition) is 10. The Hall–Kier alpha value is -2.08. The highest BCUT2D eigenvalue weighted by molar-refractivity contribution is 5.83. The van der Waals surface area contributed by atoms with Gasteiger partial charge in [-0.1, -0.05) is 25.2 Å². The van der Waals surface area contributed by atoms with Crippen LogP contribution in [0.3, 0.4) is 0 Å². The fraction of sp³-hybridized carbons (Fsp3) is 0.724. The van der Waals surface area contributed by atoms with Gasteiger partial charge in [0.2, 0.25) is 0 Å². The monoisotopic (exact) mass is 544 g/mol. The Morgan fingerprint density at radius 3 is 2.54 bits per heavy atom. The molecule has 212 valence electrons. The Labute approximate surface area is 227 Å². The van der Waals surface area contributed by atoms with Crippen molar-refractivity contribution in [3.8, 4) is 0 Å². The van der Waals surface area contributed by atoms with Gasteiger partial charge in [0.25, 0.3) is 0 Å². The maximum absolute atomic E-state index is 13.1. The Bertz CT molecular complexity index is 1170. The first-order chi connectivity index (χ1) is 18.5. The molecule has 5 aliphatic heterocycles. The molecule has 2 aliphatic carbocycles. The smallest absolute Gasteiger partial charge is 0.331 e. The average molecular weight is 545 g/mol. The van der Waals surface area contributed by atoms with E-state index in [0.29, 0.717) is 25.0 Å². The fourth-order valence-electron chi connectivity index (χ4n) is 8.00. The van der Waals surface area contributed by atoms with Gasteiger partial charge in [-0.05, 0) is 39.2 Å². The van der Waals surface area contributed by atoms with Crippen LogP contribution in [0.4, 0.5) is 0 Å². The van der Waals surface area contributed by atoms with Gasteiger partial charge in [-0.2, -0.15) is 0 Å². The number of aliphatic hydroxyl groups excluding tert-OH is 1. The molecular formula is C29H36O10. The molecule has 7 rings (SSSR count). The second-order valence-electron chi connectivity index (χ2n) is 12.6. The number of allylic oxidation sites excluding steroid dienone is 2. The first kappa shape index (κ1) is 25.9. The molecule has 0 aromatic rings. The molecule has 0 radical (unpaired) electrons. The molecule has 10 nitrogen and oxygen atoms in total. The first-order valence-corrected chi connectivity index (χ1v) is 13.9. The van der Waals surface area contributed by atoms with E-state index in [0.717, 1.165) is 6.42 Å². The molecule has 39 heavy (non-hydrogen) atoms.